The van der Waals surface area contributed by atoms with Gasteiger partial charge in [0.2, 0.25) is 0 Å². The molecule has 0 saturated heterocycles. The predicted molar refractivity (Wildman–Crippen MR) is 114 cm³/mol. The van der Waals surface area contributed by atoms with E-state index in [2.05, 4.69) is 5.32 Å². The molecule has 0 saturated carbocycles. The van der Waals surface area contributed by atoms with Crippen LogP contribution in [0.15, 0.2) is 70.5 Å². The summed E-state index contributed by atoms with van der Waals surface area (Å²) < 4.78 is 39.1. The molecule has 0 aromatic heterocycles. The lowest BCUT2D eigenvalue weighted by atomic mass is 10.00. The summed E-state index contributed by atoms with van der Waals surface area (Å²) in [7, 11) is 1.51. The lowest BCUT2D eigenvalue weighted by Gasteiger charge is -2.19. The summed E-state index contributed by atoms with van der Waals surface area (Å²) in [6.45, 7) is -0.0383. The Kier molecular flexibility index (Phi) is 6.65. The molecule has 7 heteroatoms. The highest BCUT2D eigenvalue weighted by molar-refractivity contribution is 7.99. The van der Waals surface area contributed by atoms with Crippen LogP contribution in [0.4, 0.5) is 8.78 Å². The third kappa shape index (κ3) is 4.79. The van der Waals surface area contributed by atoms with Gasteiger partial charge >= 0.3 is 0 Å². The Hall–Kier alpha value is -2.74. The van der Waals surface area contributed by atoms with E-state index in [1.54, 1.807) is 17.8 Å². The number of amides is 1. The van der Waals surface area contributed by atoms with Crippen molar-refractivity contribution in [3.63, 3.8) is 0 Å². The molecule has 0 fully saturated rings. The summed E-state index contributed by atoms with van der Waals surface area (Å²) >= 11 is 1.55. The van der Waals surface area contributed by atoms with Crippen molar-refractivity contribution >= 4 is 17.7 Å². The first-order valence-corrected chi connectivity index (χ1v) is 10.6. The fourth-order valence-corrected chi connectivity index (χ4v) is 4.64. The van der Waals surface area contributed by atoms with Gasteiger partial charge in [-0.25, -0.2) is 8.78 Å². The fraction of sp³-hybridized carbons (Fsp3) is 0.208. The number of benzene rings is 3. The Labute approximate surface area is 183 Å². The summed E-state index contributed by atoms with van der Waals surface area (Å²) in [6, 6.07) is 17.1. The van der Waals surface area contributed by atoms with E-state index in [0.29, 0.717) is 12.0 Å². The van der Waals surface area contributed by atoms with Crippen LogP contribution >= 0.6 is 11.8 Å². The standard InChI is InChI=1S/C24H21F2NO3S/c1-29-14-27-24(28)16-10-9-15-11-21(30-13-18-19(25)6-4-7-20(18)26)17-5-2-3-8-22(17)31-23(15)12-16/h2-10,12,21H,11,13-14H2,1H3,(H,27,28). The molecule has 3 aromatic rings. The van der Waals surface area contributed by atoms with E-state index in [9.17, 15) is 13.6 Å². The van der Waals surface area contributed by atoms with Gasteiger partial charge in [-0.3, -0.25) is 4.79 Å². The maximum Gasteiger partial charge on any atom is 0.253 e. The van der Waals surface area contributed by atoms with E-state index in [4.69, 9.17) is 9.47 Å². The monoisotopic (exact) mass is 441 g/mol. The number of halogens is 2. The molecule has 31 heavy (non-hydrogen) atoms. The van der Waals surface area contributed by atoms with Crippen LogP contribution in [-0.2, 0) is 22.5 Å². The number of hydrogen-bond acceptors (Lipinski definition) is 4. The molecule has 1 amide bonds. The van der Waals surface area contributed by atoms with Gasteiger partial charge in [0.05, 0.1) is 12.7 Å². The first kappa shape index (κ1) is 21.5. The van der Waals surface area contributed by atoms with Crippen molar-refractivity contribution in [3.8, 4) is 0 Å². The molecule has 0 spiro atoms. The molecule has 1 atom stereocenters. The minimum Gasteiger partial charge on any atom is -0.368 e. The van der Waals surface area contributed by atoms with Crippen molar-refractivity contribution in [3.05, 3.63) is 94.6 Å². The number of nitrogens with one attached hydrogen (secondary N) is 1. The largest absolute Gasteiger partial charge is 0.368 e. The SMILES string of the molecule is COCNC(=O)c1ccc2c(c1)Sc1ccccc1C(OCc1c(F)cccc1F)C2. The van der Waals surface area contributed by atoms with Crippen LogP contribution in [0.2, 0.25) is 0 Å². The van der Waals surface area contributed by atoms with E-state index in [-0.39, 0.29) is 30.9 Å². The average Bonchev–Trinajstić information content (AvgIpc) is 2.93. The molecule has 0 aliphatic carbocycles. The molecule has 4 rings (SSSR count). The number of fused-ring (bicyclic) bond motifs is 2. The molecule has 1 heterocycles. The van der Waals surface area contributed by atoms with Crippen molar-refractivity contribution in [2.75, 3.05) is 13.8 Å². The molecular weight excluding hydrogens is 420 g/mol. The lowest BCUT2D eigenvalue weighted by Crippen LogP contribution is -2.25. The molecule has 1 aliphatic heterocycles. The van der Waals surface area contributed by atoms with Gasteiger partial charge in [-0.2, -0.15) is 0 Å². The van der Waals surface area contributed by atoms with Gasteiger partial charge in [-0.1, -0.05) is 42.1 Å². The molecule has 0 radical (unpaired) electrons. The van der Waals surface area contributed by atoms with Crippen molar-refractivity contribution in [2.24, 2.45) is 0 Å². The fourth-order valence-electron chi connectivity index (χ4n) is 3.47. The third-order valence-electron chi connectivity index (χ3n) is 5.09. The van der Waals surface area contributed by atoms with Crippen LogP contribution in [0.5, 0.6) is 0 Å². The van der Waals surface area contributed by atoms with Crippen LogP contribution in [0.25, 0.3) is 0 Å². The van der Waals surface area contributed by atoms with Crippen LogP contribution in [-0.4, -0.2) is 19.7 Å². The first-order valence-electron chi connectivity index (χ1n) is 9.78. The van der Waals surface area contributed by atoms with Crippen molar-refractivity contribution in [2.45, 2.75) is 28.9 Å². The summed E-state index contributed by atoms with van der Waals surface area (Å²) in [5, 5.41) is 2.68. The van der Waals surface area contributed by atoms with Crippen LogP contribution in [0.3, 0.4) is 0 Å². The molecule has 0 bridgehead atoms. The minimum absolute atomic E-state index is 0.0812. The number of carbonyl (C=O) groups is 1. The van der Waals surface area contributed by atoms with Gasteiger partial charge in [-0.15, -0.1) is 0 Å². The second kappa shape index (κ2) is 9.60. The highest BCUT2D eigenvalue weighted by atomic mass is 32.2. The molecule has 3 aromatic carbocycles. The topological polar surface area (TPSA) is 47.6 Å². The molecular formula is C24H21F2NO3S. The van der Waals surface area contributed by atoms with Crippen molar-refractivity contribution < 1.29 is 23.0 Å². The normalized spacial score (nSPS) is 15.0. The molecule has 4 nitrogen and oxygen atoms in total. The van der Waals surface area contributed by atoms with E-state index < -0.39 is 11.6 Å². The Morgan fingerprint density at radius 1 is 1.06 bits per heavy atom. The van der Waals surface area contributed by atoms with Gasteiger partial charge in [0, 0.05) is 34.4 Å². The van der Waals surface area contributed by atoms with Gasteiger partial charge in [0.15, 0.2) is 0 Å². The number of methoxy groups -OCH3 is 1. The van der Waals surface area contributed by atoms with E-state index in [0.717, 1.165) is 20.9 Å². The van der Waals surface area contributed by atoms with Gasteiger partial charge in [-0.05, 0) is 41.5 Å². The maximum absolute atomic E-state index is 14.1. The Bertz CT molecular complexity index is 1090. The number of carbonyl (C=O) groups excluding carboxylic acids is 1. The predicted octanol–water partition coefficient (Wildman–Crippen LogP) is 5.26. The molecule has 160 valence electrons. The summed E-state index contributed by atoms with van der Waals surface area (Å²) in [5.41, 5.74) is 2.41. The zero-order valence-electron chi connectivity index (χ0n) is 16.9. The van der Waals surface area contributed by atoms with Crippen LogP contribution < -0.4 is 5.32 Å². The molecule has 1 aliphatic rings. The summed E-state index contributed by atoms with van der Waals surface area (Å²) in [6.07, 6.45) is 0.146. The zero-order chi connectivity index (χ0) is 21.8. The second-order valence-corrected chi connectivity index (χ2v) is 8.19. The van der Waals surface area contributed by atoms with E-state index >= 15 is 0 Å². The highest BCUT2D eigenvalue weighted by Gasteiger charge is 2.25. The Balaban J connectivity index is 1.62. The summed E-state index contributed by atoms with van der Waals surface area (Å²) in [4.78, 5) is 14.2. The Morgan fingerprint density at radius 3 is 2.61 bits per heavy atom. The number of rotatable bonds is 6. The van der Waals surface area contributed by atoms with Gasteiger partial charge in [0.1, 0.15) is 18.4 Å². The van der Waals surface area contributed by atoms with Gasteiger partial charge in [0.25, 0.3) is 5.91 Å². The second-order valence-electron chi connectivity index (χ2n) is 7.11. The first-order chi connectivity index (χ1) is 15.1. The maximum atomic E-state index is 14.1. The zero-order valence-corrected chi connectivity index (χ0v) is 17.7. The average molecular weight is 441 g/mol. The number of hydrogen-bond donors (Lipinski definition) is 1. The number of ether oxygens (including phenoxy) is 2. The van der Waals surface area contributed by atoms with Crippen LogP contribution in [0, 0.1) is 11.6 Å². The molecule has 1 unspecified atom stereocenters. The minimum atomic E-state index is -0.622. The highest BCUT2D eigenvalue weighted by Crippen LogP contribution is 2.42. The lowest BCUT2D eigenvalue weighted by molar-refractivity contribution is 0.0350. The van der Waals surface area contributed by atoms with Gasteiger partial charge < -0.3 is 14.8 Å². The van der Waals surface area contributed by atoms with Crippen molar-refractivity contribution in [1.82, 2.24) is 5.32 Å². The van der Waals surface area contributed by atoms with E-state index in [1.165, 1.54) is 25.3 Å². The molecule has 1 N–H and O–H groups in total. The third-order valence-corrected chi connectivity index (χ3v) is 6.28. The van der Waals surface area contributed by atoms with Crippen molar-refractivity contribution in [1.29, 1.82) is 0 Å². The van der Waals surface area contributed by atoms with E-state index in [1.807, 2.05) is 36.4 Å². The van der Waals surface area contributed by atoms with Crippen LogP contribution in [0.1, 0.15) is 33.2 Å². The summed E-state index contributed by atoms with van der Waals surface area (Å²) in [5.74, 6) is -1.46. The Morgan fingerprint density at radius 2 is 1.84 bits per heavy atom. The quantitative estimate of drug-likeness (QED) is 0.530. The smallest absolute Gasteiger partial charge is 0.253 e.